The molecule has 0 aliphatic rings. The fourth-order valence-electron chi connectivity index (χ4n) is 1.89. The Balaban J connectivity index is 1.87. The van der Waals surface area contributed by atoms with Crippen molar-refractivity contribution in [2.45, 2.75) is 13.3 Å². The zero-order valence-electron chi connectivity index (χ0n) is 13.0. The number of nitrogen functional groups attached to an aromatic ring is 1. The number of nitrogens with one attached hydrogen (secondary N) is 2. The number of amides is 2. The molecular weight excluding hydrogens is 419 g/mol. The van der Waals surface area contributed by atoms with Crippen molar-refractivity contribution < 1.29 is 9.59 Å². The van der Waals surface area contributed by atoms with Gasteiger partial charge in [-0.3, -0.25) is 9.59 Å². The minimum atomic E-state index is -0.354. The first-order valence-corrected chi connectivity index (χ1v) is 8.26. The smallest absolute Gasteiger partial charge is 0.271 e. The molecule has 6 nitrogen and oxygen atoms in total. The first kappa shape index (κ1) is 17.9. The summed E-state index contributed by atoms with van der Waals surface area (Å²) in [5.41, 5.74) is 10.3. The molecule has 0 saturated carbocycles. The van der Waals surface area contributed by atoms with Crippen molar-refractivity contribution in [3.63, 3.8) is 0 Å². The highest BCUT2D eigenvalue weighted by atomic mass is 127. The Morgan fingerprint density at radius 2 is 1.88 bits per heavy atom. The number of nitrogens with two attached hydrogens (primary N) is 1. The van der Waals surface area contributed by atoms with Crippen LogP contribution in [0, 0.1) is 3.57 Å². The van der Waals surface area contributed by atoms with Gasteiger partial charge in [0, 0.05) is 26.2 Å². The monoisotopic (exact) mass is 436 g/mol. The van der Waals surface area contributed by atoms with Crippen LogP contribution in [-0.2, 0) is 4.79 Å². The van der Waals surface area contributed by atoms with Crippen LogP contribution in [0.5, 0.6) is 0 Å². The lowest BCUT2D eigenvalue weighted by molar-refractivity contribution is -0.115. The van der Waals surface area contributed by atoms with E-state index in [9.17, 15) is 9.59 Å². The Hall–Kier alpha value is -2.42. The van der Waals surface area contributed by atoms with Crippen LogP contribution in [0.25, 0.3) is 0 Å². The standard InChI is InChI=1S/C17H17IN4O2/c1-11(9-16(23)20-15-4-2-3-13(18)10-15)21-22-17(24)12-5-7-14(19)8-6-12/h2-8,10H,9,19H2,1H3,(H,20,23)(H,22,24)/b21-11+. The molecule has 0 unspecified atom stereocenters. The van der Waals surface area contributed by atoms with Gasteiger partial charge in [0.1, 0.15) is 0 Å². The lowest BCUT2D eigenvalue weighted by Gasteiger charge is -2.06. The molecule has 7 heteroatoms. The van der Waals surface area contributed by atoms with Gasteiger partial charge in [-0.1, -0.05) is 6.07 Å². The summed E-state index contributed by atoms with van der Waals surface area (Å²) in [6, 6.07) is 14.0. The Morgan fingerprint density at radius 1 is 1.17 bits per heavy atom. The molecule has 2 aromatic rings. The van der Waals surface area contributed by atoms with Gasteiger partial charge in [0.2, 0.25) is 5.91 Å². The summed E-state index contributed by atoms with van der Waals surface area (Å²) in [7, 11) is 0. The predicted octanol–water partition coefficient (Wildman–Crippen LogP) is 3.01. The molecule has 0 aromatic heterocycles. The van der Waals surface area contributed by atoms with Crippen molar-refractivity contribution in [2.75, 3.05) is 11.1 Å². The van der Waals surface area contributed by atoms with E-state index in [1.165, 1.54) is 0 Å². The van der Waals surface area contributed by atoms with E-state index in [1.54, 1.807) is 31.2 Å². The summed E-state index contributed by atoms with van der Waals surface area (Å²) in [5.74, 6) is -0.549. The third-order valence-corrected chi connectivity index (χ3v) is 3.72. The lowest BCUT2D eigenvalue weighted by atomic mass is 10.2. The Bertz CT molecular complexity index is 772. The number of hydrogen-bond acceptors (Lipinski definition) is 4. The van der Waals surface area contributed by atoms with Crippen LogP contribution in [-0.4, -0.2) is 17.5 Å². The number of halogens is 1. The number of hydrazone groups is 1. The third kappa shape index (κ3) is 5.65. The maximum absolute atomic E-state index is 12.0. The van der Waals surface area contributed by atoms with E-state index in [2.05, 4.69) is 38.4 Å². The number of rotatable bonds is 5. The molecule has 2 amide bonds. The predicted molar refractivity (Wildman–Crippen MR) is 104 cm³/mol. The van der Waals surface area contributed by atoms with E-state index in [4.69, 9.17) is 5.73 Å². The maximum atomic E-state index is 12.0. The molecule has 2 rings (SSSR count). The second-order valence-corrected chi connectivity index (χ2v) is 6.39. The average molecular weight is 436 g/mol. The maximum Gasteiger partial charge on any atom is 0.271 e. The topological polar surface area (TPSA) is 96.6 Å². The highest BCUT2D eigenvalue weighted by molar-refractivity contribution is 14.1. The summed E-state index contributed by atoms with van der Waals surface area (Å²) in [5, 5.41) is 6.73. The molecule has 0 fully saturated rings. The molecule has 2 aromatic carbocycles. The fourth-order valence-corrected chi connectivity index (χ4v) is 2.43. The van der Waals surface area contributed by atoms with Gasteiger partial charge < -0.3 is 11.1 Å². The van der Waals surface area contributed by atoms with Crippen molar-refractivity contribution >= 4 is 51.5 Å². The molecule has 0 bridgehead atoms. The Labute approximate surface area is 153 Å². The number of hydrogen-bond donors (Lipinski definition) is 3. The van der Waals surface area contributed by atoms with E-state index in [1.807, 2.05) is 24.3 Å². The van der Waals surface area contributed by atoms with E-state index in [-0.39, 0.29) is 18.2 Å². The molecule has 0 radical (unpaired) electrons. The molecule has 0 spiro atoms. The Morgan fingerprint density at radius 3 is 2.54 bits per heavy atom. The van der Waals surface area contributed by atoms with Crippen LogP contribution in [0.3, 0.4) is 0 Å². The molecular formula is C17H17IN4O2. The SMILES string of the molecule is C/C(CC(=O)Nc1cccc(I)c1)=N\NC(=O)c1ccc(N)cc1. The van der Waals surface area contributed by atoms with Gasteiger partial charge in [0.05, 0.1) is 6.42 Å². The van der Waals surface area contributed by atoms with Crippen LogP contribution in [0.4, 0.5) is 11.4 Å². The molecule has 24 heavy (non-hydrogen) atoms. The Kier molecular flexibility index (Phi) is 6.30. The highest BCUT2D eigenvalue weighted by Gasteiger charge is 2.07. The van der Waals surface area contributed by atoms with E-state index in [0.717, 1.165) is 9.26 Å². The van der Waals surface area contributed by atoms with Gasteiger partial charge in [-0.15, -0.1) is 0 Å². The summed E-state index contributed by atoms with van der Waals surface area (Å²) >= 11 is 2.18. The largest absolute Gasteiger partial charge is 0.399 e. The van der Waals surface area contributed by atoms with Crippen LogP contribution < -0.4 is 16.5 Å². The average Bonchev–Trinajstić information content (AvgIpc) is 2.53. The molecule has 0 saturated heterocycles. The van der Waals surface area contributed by atoms with Crippen molar-refractivity contribution in [1.29, 1.82) is 0 Å². The van der Waals surface area contributed by atoms with Crippen LogP contribution >= 0.6 is 22.6 Å². The first-order chi connectivity index (χ1) is 11.4. The van der Waals surface area contributed by atoms with E-state index >= 15 is 0 Å². The zero-order chi connectivity index (χ0) is 17.5. The number of anilines is 2. The number of benzene rings is 2. The quantitative estimate of drug-likeness (QED) is 0.291. The van der Waals surface area contributed by atoms with Gasteiger partial charge in [-0.2, -0.15) is 5.10 Å². The van der Waals surface area contributed by atoms with Gasteiger partial charge in [0.15, 0.2) is 0 Å². The van der Waals surface area contributed by atoms with Crippen molar-refractivity contribution in [3.8, 4) is 0 Å². The molecule has 0 aliphatic carbocycles. The second kappa shape index (κ2) is 8.44. The van der Waals surface area contributed by atoms with Gasteiger partial charge in [0.25, 0.3) is 5.91 Å². The van der Waals surface area contributed by atoms with E-state index < -0.39 is 0 Å². The van der Waals surface area contributed by atoms with E-state index in [0.29, 0.717) is 17.0 Å². The zero-order valence-corrected chi connectivity index (χ0v) is 15.2. The minimum Gasteiger partial charge on any atom is -0.399 e. The number of carbonyl (C=O) groups excluding carboxylic acids is 2. The second-order valence-electron chi connectivity index (χ2n) is 5.15. The van der Waals surface area contributed by atoms with Crippen molar-refractivity contribution in [1.82, 2.24) is 5.43 Å². The van der Waals surface area contributed by atoms with Crippen LogP contribution in [0.2, 0.25) is 0 Å². The summed E-state index contributed by atoms with van der Waals surface area (Å²) in [6.07, 6.45) is 0.0908. The fraction of sp³-hybridized carbons (Fsp3) is 0.118. The van der Waals surface area contributed by atoms with Gasteiger partial charge >= 0.3 is 0 Å². The number of nitrogens with zero attached hydrogens (tertiary/aromatic N) is 1. The van der Waals surface area contributed by atoms with Gasteiger partial charge in [-0.05, 0) is 72.0 Å². The van der Waals surface area contributed by atoms with Crippen molar-refractivity contribution in [3.05, 3.63) is 57.7 Å². The first-order valence-electron chi connectivity index (χ1n) is 7.18. The molecule has 124 valence electrons. The highest BCUT2D eigenvalue weighted by Crippen LogP contribution is 2.12. The molecule has 0 heterocycles. The minimum absolute atomic E-state index is 0.0908. The third-order valence-electron chi connectivity index (χ3n) is 3.05. The molecule has 0 atom stereocenters. The molecule has 0 aliphatic heterocycles. The van der Waals surface area contributed by atoms with Gasteiger partial charge in [-0.25, -0.2) is 5.43 Å². The van der Waals surface area contributed by atoms with Crippen LogP contribution in [0.15, 0.2) is 53.6 Å². The summed E-state index contributed by atoms with van der Waals surface area (Å²) in [6.45, 7) is 1.68. The molecule has 4 N–H and O–H groups in total. The summed E-state index contributed by atoms with van der Waals surface area (Å²) in [4.78, 5) is 23.9. The lowest BCUT2D eigenvalue weighted by Crippen LogP contribution is -2.21. The van der Waals surface area contributed by atoms with Crippen LogP contribution in [0.1, 0.15) is 23.7 Å². The van der Waals surface area contributed by atoms with Crippen molar-refractivity contribution in [2.24, 2.45) is 5.10 Å². The summed E-state index contributed by atoms with van der Waals surface area (Å²) < 4.78 is 1.03. The normalized spacial score (nSPS) is 11.0. The number of carbonyl (C=O) groups is 2.